The molecule has 29 heavy (non-hydrogen) atoms. The van der Waals surface area contributed by atoms with Gasteiger partial charge in [0, 0.05) is 5.69 Å². The Labute approximate surface area is 167 Å². The van der Waals surface area contributed by atoms with Crippen molar-refractivity contribution in [3.05, 3.63) is 48.5 Å². The van der Waals surface area contributed by atoms with E-state index in [4.69, 9.17) is 4.74 Å². The number of nitrogens with one attached hydrogen (secondary N) is 1. The summed E-state index contributed by atoms with van der Waals surface area (Å²) in [6.07, 6.45) is -4.77. The monoisotopic (exact) mass is 425 g/mol. The van der Waals surface area contributed by atoms with Crippen LogP contribution in [0.4, 0.5) is 18.9 Å². The standard InChI is InChI=1S/C17H14F3N5O3S/c1-27-13-6-2-11(3-7-13)21-15(26)10-29-16-22-23-24-25(16)12-4-8-14(9-5-12)28-17(18,19)20/h2-9H,10H2,1H3,(H,21,26). The number of amides is 1. The lowest BCUT2D eigenvalue weighted by Gasteiger charge is -2.09. The molecule has 0 spiro atoms. The number of halogens is 3. The lowest BCUT2D eigenvalue weighted by molar-refractivity contribution is -0.274. The third kappa shape index (κ3) is 5.85. The van der Waals surface area contributed by atoms with Crippen molar-refractivity contribution in [3.63, 3.8) is 0 Å². The number of alkyl halides is 3. The molecule has 8 nitrogen and oxygen atoms in total. The molecule has 0 aliphatic carbocycles. The third-order valence-corrected chi connectivity index (χ3v) is 4.38. The van der Waals surface area contributed by atoms with Gasteiger partial charge in [0.05, 0.1) is 18.6 Å². The molecule has 0 unspecified atom stereocenters. The van der Waals surface area contributed by atoms with Crippen LogP contribution >= 0.6 is 11.8 Å². The predicted octanol–water partition coefficient (Wildman–Crippen LogP) is 3.30. The number of anilines is 1. The largest absolute Gasteiger partial charge is 0.573 e. The first kappa shape index (κ1) is 20.5. The molecule has 1 N–H and O–H groups in total. The van der Waals surface area contributed by atoms with Crippen molar-refractivity contribution in [3.8, 4) is 17.2 Å². The number of carbonyl (C=O) groups excluding carboxylic acids is 1. The molecule has 0 saturated heterocycles. The number of thioether (sulfide) groups is 1. The molecule has 152 valence electrons. The fourth-order valence-electron chi connectivity index (χ4n) is 2.22. The number of hydrogen-bond acceptors (Lipinski definition) is 7. The molecule has 2 aromatic carbocycles. The minimum atomic E-state index is -4.77. The Kier molecular flexibility index (Phi) is 6.22. The van der Waals surface area contributed by atoms with Crippen LogP contribution < -0.4 is 14.8 Å². The highest BCUT2D eigenvalue weighted by Gasteiger charge is 2.31. The van der Waals surface area contributed by atoms with Crippen molar-refractivity contribution in [2.75, 3.05) is 18.2 Å². The Bertz CT molecular complexity index is 962. The Hall–Kier alpha value is -3.28. The summed E-state index contributed by atoms with van der Waals surface area (Å²) in [6.45, 7) is 0. The minimum absolute atomic E-state index is 0.0294. The van der Waals surface area contributed by atoms with E-state index in [9.17, 15) is 18.0 Å². The smallest absolute Gasteiger partial charge is 0.497 e. The molecule has 12 heteroatoms. The first-order valence-electron chi connectivity index (χ1n) is 8.05. The molecule has 0 atom stereocenters. The van der Waals surface area contributed by atoms with Gasteiger partial charge in [-0.05, 0) is 59.0 Å². The second-order valence-electron chi connectivity index (χ2n) is 5.48. The normalized spacial score (nSPS) is 11.2. The Morgan fingerprint density at radius 2 is 1.76 bits per heavy atom. The number of tetrazole rings is 1. The quantitative estimate of drug-likeness (QED) is 0.581. The van der Waals surface area contributed by atoms with E-state index in [0.29, 0.717) is 22.3 Å². The van der Waals surface area contributed by atoms with Gasteiger partial charge in [0.2, 0.25) is 11.1 Å². The van der Waals surface area contributed by atoms with Crippen LogP contribution in [0.5, 0.6) is 11.5 Å². The summed E-state index contributed by atoms with van der Waals surface area (Å²) in [7, 11) is 1.55. The fourth-order valence-corrected chi connectivity index (χ4v) is 2.91. The Morgan fingerprint density at radius 3 is 2.38 bits per heavy atom. The van der Waals surface area contributed by atoms with Gasteiger partial charge >= 0.3 is 6.36 Å². The lowest BCUT2D eigenvalue weighted by Crippen LogP contribution is -2.17. The molecule has 3 rings (SSSR count). The van der Waals surface area contributed by atoms with Crippen molar-refractivity contribution in [1.29, 1.82) is 0 Å². The first-order valence-corrected chi connectivity index (χ1v) is 9.04. The SMILES string of the molecule is COc1ccc(NC(=O)CSc2nnnn2-c2ccc(OC(F)(F)F)cc2)cc1. The molecular weight excluding hydrogens is 411 g/mol. The molecule has 1 heterocycles. The Morgan fingerprint density at radius 1 is 1.10 bits per heavy atom. The summed E-state index contributed by atoms with van der Waals surface area (Å²) in [4.78, 5) is 12.1. The van der Waals surface area contributed by atoms with Crippen molar-refractivity contribution in [2.24, 2.45) is 0 Å². The van der Waals surface area contributed by atoms with Crippen molar-refractivity contribution in [1.82, 2.24) is 20.2 Å². The average Bonchev–Trinajstić information content (AvgIpc) is 3.15. The van der Waals surface area contributed by atoms with Gasteiger partial charge in [-0.1, -0.05) is 11.8 Å². The maximum absolute atomic E-state index is 12.2. The number of methoxy groups -OCH3 is 1. The van der Waals surface area contributed by atoms with Gasteiger partial charge in [-0.2, -0.15) is 4.68 Å². The van der Waals surface area contributed by atoms with Crippen LogP contribution in [0, 0.1) is 0 Å². The fraction of sp³-hybridized carbons (Fsp3) is 0.176. The van der Waals surface area contributed by atoms with E-state index in [1.54, 1.807) is 31.4 Å². The second-order valence-corrected chi connectivity index (χ2v) is 6.42. The zero-order valence-corrected chi connectivity index (χ0v) is 15.7. The van der Waals surface area contributed by atoms with Crippen LogP contribution in [-0.4, -0.2) is 45.3 Å². The number of ether oxygens (including phenoxy) is 2. The molecule has 0 aliphatic rings. The van der Waals surface area contributed by atoms with Gasteiger partial charge in [-0.3, -0.25) is 4.79 Å². The maximum atomic E-state index is 12.2. The van der Waals surface area contributed by atoms with E-state index < -0.39 is 6.36 Å². The van der Waals surface area contributed by atoms with Gasteiger partial charge in [0.1, 0.15) is 11.5 Å². The zero-order chi connectivity index (χ0) is 20.9. The topological polar surface area (TPSA) is 91.2 Å². The molecule has 0 fully saturated rings. The van der Waals surface area contributed by atoms with E-state index >= 15 is 0 Å². The highest BCUT2D eigenvalue weighted by atomic mass is 32.2. The van der Waals surface area contributed by atoms with Crippen LogP contribution in [0.1, 0.15) is 0 Å². The summed E-state index contributed by atoms with van der Waals surface area (Å²) < 4.78 is 46.9. The Balaban J connectivity index is 1.60. The second kappa shape index (κ2) is 8.82. The predicted molar refractivity (Wildman–Crippen MR) is 98.2 cm³/mol. The summed E-state index contributed by atoms with van der Waals surface area (Å²) in [5, 5.41) is 14.2. The van der Waals surface area contributed by atoms with Crippen molar-refractivity contribution >= 4 is 23.4 Å². The molecule has 1 aromatic heterocycles. The molecule has 0 radical (unpaired) electrons. The first-order chi connectivity index (χ1) is 13.8. The lowest BCUT2D eigenvalue weighted by atomic mass is 10.3. The molecular formula is C17H14F3N5O3S. The zero-order valence-electron chi connectivity index (χ0n) is 14.9. The van der Waals surface area contributed by atoms with Gasteiger partial charge in [0.15, 0.2) is 0 Å². The summed E-state index contributed by atoms with van der Waals surface area (Å²) >= 11 is 1.08. The number of benzene rings is 2. The molecule has 0 bridgehead atoms. The van der Waals surface area contributed by atoms with Gasteiger partial charge < -0.3 is 14.8 Å². The van der Waals surface area contributed by atoms with Gasteiger partial charge in [-0.15, -0.1) is 18.3 Å². The van der Waals surface area contributed by atoms with Crippen molar-refractivity contribution < 1.29 is 27.4 Å². The average molecular weight is 425 g/mol. The number of aromatic nitrogens is 4. The molecule has 1 amide bonds. The van der Waals surface area contributed by atoms with Crippen LogP contribution in [0.15, 0.2) is 53.7 Å². The van der Waals surface area contributed by atoms with E-state index in [1.807, 2.05) is 0 Å². The number of carbonyl (C=O) groups is 1. The van der Waals surface area contributed by atoms with E-state index in [1.165, 1.54) is 16.8 Å². The van der Waals surface area contributed by atoms with Gasteiger partial charge in [0.25, 0.3) is 0 Å². The van der Waals surface area contributed by atoms with E-state index in [-0.39, 0.29) is 17.4 Å². The van der Waals surface area contributed by atoms with Gasteiger partial charge in [-0.25, -0.2) is 0 Å². The number of rotatable bonds is 7. The van der Waals surface area contributed by atoms with Crippen LogP contribution in [0.2, 0.25) is 0 Å². The highest BCUT2D eigenvalue weighted by Crippen LogP contribution is 2.25. The molecule has 0 aliphatic heterocycles. The third-order valence-electron chi connectivity index (χ3n) is 3.46. The van der Waals surface area contributed by atoms with Crippen LogP contribution in [-0.2, 0) is 4.79 Å². The number of nitrogens with zero attached hydrogens (tertiary/aromatic N) is 4. The molecule has 3 aromatic rings. The molecule has 0 saturated carbocycles. The van der Waals surface area contributed by atoms with E-state index in [2.05, 4.69) is 25.6 Å². The maximum Gasteiger partial charge on any atom is 0.573 e. The highest BCUT2D eigenvalue weighted by molar-refractivity contribution is 7.99. The summed E-state index contributed by atoms with van der Waals surface area (Å²) in [5.74, 6) is 0.0658. The number of hydrogen-bond donors (Lipinski definition) is 1. The summed E-state index contributed by atoms with van der Waals surface area (Å²) in [5.41, 5.74) is 1.03. The summed E-state index contributed by atoms with van der Waals surface area (Å²) in [6, 6.07) is 11.9. The van der Waals surface area contributed by atoms with Crippen LogP contribution in [0.3, 0.4) is 0 Å². The van der Waals surface area contributed by atoms with Crippen molar-refractivity contribution in [2.45, 2.75) is 11.5 Å². The van der Waals surface area contributed by atoms with Crippen LogP contribution in [0.25, 0.3) is 5.69 Å². The minimum Gasteiger partial charge on any atom is -0.497 e. The van der Waals surface area contributed by atoms with E-state index in [0.717, 1.165) is 23.9 Å².